The Hall–Kier alpha value is -0.410. The molecule has 1 atom stereocenters. The van der Waals surface area contributed by atoms with Crippen molar-refractivity contribution < 1.29 is 5.32 Å². The summed E-state index contributed by atoms with van der Waals surface area (Å²) in [5, 5.41) is 5.80. The Balaban J connectivity index is 2.04. The van der Waals surface area contributed by atoms with Crippen molar-refractivity contribution in [2.24, 2.45) is 0 Å². The van der Waals surface area contributed by atoms with Crippen LogP contribution in [0.1, 0.15) is 30.3 Å². The van der Waals surface area contributed by atoms with Crippen LogP contribution in [0.5, 0.6) is 0 Å². The maximum Gasteiger partial charge on any atom is 0.150 e. The summed E-state index contributed by atoms with van der Waals surface area (Å²) >= 11 is 1.79. The molecule has 2 heterocycles. The summed E-state index contributed by atoms with van der Waals surface area (Å²) in [5.74, 6) is 0. The molecule has 0 aromatic carbocycles. The Morgan fingerprint density at radius 3 is 3.18 bits per heavy atom. The third-order valence-corrected chi connectivity index (χ3v) is 3.10. The molecule has 0 bridgehead atoms. The molecule has 1 aromatic heterocycles. The van der Waals surface area contributed by atoms with Crippen molar-refractivity contribution in [3.63, 3.8) is 0 Å². The van der Waals surface area contributed by atoms with Crippen LogP contribution in [0.3, 0.4) is 0 Å². The van der Waals surface area contributed by atoms with Crippen LogP contribution in [0, 0.1) is 0 Å². The van der Waals surface area contributed by atoms with E-state index in [0.29, 0.717) is 6.04 Å². The van der Waals surface area contributed by atoms with Crippen molar-refractivity contribution in [1.29, 1.82) is 0 Å². The molecule has 1 fully saturated rings. The van der Waals surface area contributed by atoms with Crippen LogP contribution < -0.4 is 5.32 Å². The minimum atomic E-state index is 0.670. The van der Waals surface area contributed by atoms with E-state index >= 15 is 0 Å². The zero-order valence-electron chi connectivity index (χ0n) is 6.49. The summed E-state index contributed by atoms with van der Waals surface area (Å²) in [7, 11) is 0. The molecule has 0 saturated carbocycles. The molecule has 0 amide bonds. The molecule has 3 heteroatoms. The Morgan fingerprint density at radius 1 is 1.55 bits per heavy atom. The number of hydrogen-bond donors (Lipinski definition) is 1. The van der Waals surface area contributed by atoms with Gasteiger partial charge < -0.3 is 5.32 Å². The van der Waals surface area contributed by atoms with E-state index < -0.39 is 0 Å². The molecule has 2 rings (SSSR count). The Bertz CT molecular complexity index is 202. The summed E-state index contributed by atoms with van der Waals surface area (Å²) in [5.41, 5.74) is 0. The second-order valence-electron chi connectivity index (χ2n) is 3.00. The second kappa shape index (κ2) is 3.32. The highest BCUT2D eigenvalue weighted by Crippen LogP contribution is 2.19. The van der Waals surface area contributed by atoms with Crippen LogP contribution in [0.4, 0.5) is 0 Å². The fraction of sp³-hybridized carbons (Fsp3) is 0.625. The van der Waals surface area contributed by atoms with Crippen LogP contribution in [-0.4, -0.2) is 11.5 Å². The zero-order chi connectivity index (χ0) is 7.52. The maximum absolute atomic E-state index is 4.33. The molecule has 0 unspecified atom stereocenters. The van der Waals surface area contributed by atoms with E-state index in [4.69, 9.17) is 0 Å². The summed E-state index contributed by atoms with van der Waals surface area (Å²) in [4.78, 5) is 4.33. The number of hydrogen-bond acceptors (Lipinski definition) is 2. The molecule has 1 aliphatic heterocycles. The number of nitrogens with zero attached hydrogens (tertiary/aromatic N) is 1. The van der Waals surface area contributed by atoms with Gasteiger partial charge in [-0.25, -0.2) is 4.98 Å². The molecule has 2 nitrogen and oxygen atoms in total. The summed E-state index contributed by atoms with van der Waals surface area (Å²) in [6, 6.07) is 0.670. The molecule has 1 saturated heterocycles. The summed E-state index contributed by atoms with van der Waals surface area (Å²) in [6.07, 6.45) is 5.97. The second-order valence-corrected chi connectivity index (χ2v) is 3.92. The minimum absolute atomic E-state index is 0.670. The SMILES string of the molecule is c1csc([C@@H]2CCCC[NH2+]2)n1. The predicted molar refractivity (Wildman–Crippen MR) is 45.5 cm³/mol. The van der Waals surface area contributed by atoms with Gasteiger partial charge in [0.15, 0.2) is 5.01 Å². The highest BCUT2D eigenvalue weighted by Gasteiger charge is 2.19. The monoisotopic (exact) mass is 169 g/mol. The lowest BCUT2D eigenvalue weighted by Gasteiger charge is -2.17. The Morgan fingerprint density at radius 2 is 2.55 bits per heavy atom. The van der Waals surface area contributed by atoms with E-state index in [9.17, 15) is 0 Å². The molecule has 0 aliphatic carbocycles. The molecule has 1 aromatic rings. The van der Waals surface area contributed by atoms with Gasteiger partial charge in [-0.2, -0.15) is 0 Å². The number of thiazole rings is 1. The lowest BCUT2D eigenvalue weighted by molar-refractivity contribution is -0.704. The molecule has 60 valence electrons. The van der Waals surface area contributed by atoms with E-state index in [-0.39, 0.29) is 0 Å². The van der Waals surface area contributed by atoms with Crippen molar-refractivity contribution in [2.45, 2.75) is 25.3 Å². The predicted octanol–water partition coefficient (Wildman–Crippen LogP) is 0.931. The lowest BCUT2D eigenvalue weighted by Crippen LogP contribution is -2.86. The molecule has 0 radical (unpaired) electrons. The largest absolute Gasteiger partial charge is 0.338 e. The van der Waals surface area contributed by atoms with Crippen molar-refractivity contribution in [2.75, 3.05) is 6.54 Å². The van der Waals surface area contributed by atoms with E-state index in [1.807, 2.05) is 6.20 Å². The van der Waals surface area contributed by atoms with Gasteiger partial charge in [-0.15, -0.1) is 11.3 Å². The normalized spacial score (nSPS) is 25.3. The average molecular weight is 169 g/mol. The van der Waals surface area contributed by atoms with Gasteiger partial charge in [-0.3, -0.25) is 0 Å². The molecule has 11 heavy (non-hydrogen) atoms. The van der Waals surface area contributed by atoms with Crippen LogP contribution >= 0.6 is 11.3 Å². The first-order chi connectivity index (χ1) is 5.47. The average Bonchev–Trinajstić information content (AvgIpc) is 2.58. The summed E-state index contributed by atoms with van der Waals surface area (Å²) in [6.45, 7) is 1.28. The first-order valence-corrected chi connectivity index (χ1v) is 5.07. The van der Waals surface area contributed by atoms with Gasteiger partial charge in [0.1, 0.15) is 6.04 Å². The standard InChI is InChI=1S/C8H12N2S/c1-2-4-9-7(3-1)8-10-5-6-11-8/h5-7,9H,1-4H2/p+1/t7-/m0/s1. The molecular formula is C8H13N2S+. The molecule has 2 N–H and O–H groups in total. The third-order valence-electron chi connectivity index (χ3n) is 2.19. The minimum Gasteiger partial charge on any atom is -0.338 e. The summed E-state index contributed by atoms with van der Waals surface area (Å²) < 4.78 is 0. The first-order valence-electron chi connectivity index (χ1n) is 4.19. The van der Waals surface area contributed by atoms with Gasteiger partial charge >= 0.3 is 0 Å². The number of aromatic nitrogens is 1. The fourth-order valence-corrected chi connectivity index (χ4v) is 2.36. The van der Waals surface area contributed by atoms with Crippen molar-refractivity contribution >= 4 is 11.3 Å². The van der Waals surface area contributed by atoms with E-state index in [0.717, 1.165) is 0 Å². The van der Waals surface area contributed by atoms with Crippen LogP contribution in [0.2, 0.25) is 0 Å². The van der Waals surface area contributed by atoms with Crippen LogP contribution in [0.25, 0.3) is 0 Å². The van der Waals surface area contributed by atoms with Gasteiger partial charge in [-0.05, 0) is 12.8 Å². The number of piperidine rings is 1. The molecule has 0 spiro atoms. The Labute approximate surface area is 70.7 Å². The van der Waals surface area contributed by atoms with E-state index in [1.165, 1.54) is 30.8 Å². The first kappa shape index (κ1) is 7.25. The molecule has 1 aliphatic rings. The van der Waals surface area contributed by atoms with Crippen LogP contribution in [-0.2, 0) is 0 Å². The lowest BCUT2D eigenvalue weighted by atomic mass is 10.1. The fourth-order valence-electron chi connectivity index (χ4n) is 1.59. The topological polar surface area (TPSA) is 29.5 Å². The highest BCUT2D eigenvalue weighted by molar-refractivity contribution is 7.09. The highest BCUT2D eigenvalue weighted by atomic mass is 32.1. The van der Waals surface area contributed by atoms with Gasteiger partial charge in [0.25, 0.3) is 0 Å². The van der Waals surface area contributed by atoms with Gasteiger partial charge in [0.05, 0.1) is 6.54 Å². The number of quaternary nitrogens is 1. The maximum atomic E-state index is 4.33. The van der Waals surface area contributed by atoms with Gasteiger partial charge in [0.2, 0.25) is 0 Å². The smallest absolute Gasteiger partial charge is 0.150 e. The van der Waals surface area contributed by atoms with E-state index in [2.05, 4.69) is 15.7 Å². The Kier molecular flexibility index (Phi) is 2.19. The zero-order valence-corrected chi connectivity index (χ0v) is 7.31. The van der Waals surface area contributed by atoms with Crippen molar-refractivity contribution in [3.05, 3.63) is 16.6 Å². The number of rotatable bonds is 1. The van der Waals surface area contributed by atoms with E-state index in [1.54, 1.807) is 11.3 Å². The van der Waals surface area contributed by atoms with Gasteiger partial charge in [-0.1, -0.05) is 0 Å². The van der Waals surface area contributed by atoms with Crippen molar-refractivity contribution in [1.82, 2.24) is 4.98 Å². The third kappa shape index (κ3) is 1.60. The number of nitrogens with two attached hydrogens (primary N) is 1. The van der Waals surface area contributed by atoms with Gasteiger partial charge in [0, 0.05) is 18.0 Å². The quantitative estimate of drug-likeness (QED) is 0.666. The van der Waals surface area contributed by atoms with Crippen LogP contribution in [0.15, 0.2) is 11.6 Å². The van der Waals surface area contributed by atoms with Crippen molar-refractivity contribution in [3.8, 4) is 0 Å². The molecular weight excluding hydrogens is 156 g/mol.